The summed E-state index contributed by atoms with van der Waals surface area (Å²) in [6, 6.07) is 5.49. The van der Waals surface area contributed by atoms with Crippen LogP contribution in [-0.4, -0.2) is 60.9 Å². The Hall–Kier alpha value is -1.30. The summed E-state index contributed by atoms with van der Waals surface area (Å²) in [6.07, 6.45) is 2.60. The Labute approximate surface area is 152 Å². The van der Waals surface area contributed by atoms with Crippen LogP contribution in [0.1, 0.15) is 12.8 Å². The lowest BCUT2D eigenvalue weighted by Crippen LogP contribution is -2.50. The molecule has 0 saturated carbocycles. The predicted molar refractivity (Wildman–Crippen MR) is 95.4 cm³/mol. The third-order valence-corrected chi connectivity index (χ3v) is 5.06. The predicted octanol–water partition coefficient (Wildman–Crippen LogP) is 2.47. The third kappa shape index (κ3) is 4.02. The van der Waals surface area contributed by atoms with Gasteiger partial charge in [-0.2, -0.15) is 0 Å². The quantitative estimate of drug-likeness (QED) is 0.765. The molecule has 0 aliphatic carbocycles. The summed E-state index contributed by atoms with van der Waals surface area (Å²) >= 11 is 12.3. The number of piperazine rings is 1. The second-order valence-electron chi connectivity index (χ2n) is 6.05. The van der Waals surface area contributed by atoms with E-state index in [4.69, 9.17) is 23.2 Å². The molecule has 1 aromatic rings. The van der Waals surface area contributed by atoms with E-state index in [2.05, 4.69) is 9.80 Å². The number of benzene rings is 1. The maximum absolute atomic E-state index is 11.8. The van der Waals surface area contributed by atoms with Crippen LogP contribution in [0.2, 0.25) is 10.0 Å². The number of amides is 2. The minimum absolute atomic E-state index is 0.0631. The van der Waals surface area contributed by atoms with E-state index in [0.29, 0.717) is 36.0 Å². The van der Waals surface area contributed by atoms with Crippen molar-refractivity contribution in [2.24, 2.45) is 0 Å². The molecule has 3 rings (SSSR count). The summed E-state index contributed by atoms with van der Waals surface area (Å²) in [6.45, 7) is 4.59. The first-order chi connectivity index (χ1) is 11.5. The van der Waals surface area contributed by atoms with Gasteiger partial charge in [-0.05, 0) is 24.6 Å². The highest BCUT2D eigenvalue weighted by molar-refractivity contribution is 6.35. The zero-order valence-electron chi connectivity index (χ0n) is 13.4. The van der Waals surface area contributed by atoms with Crippen LogP contribution in [0, 0.1) is 6.42 Å². The smallest absolute Gasteiger partial charge is 0.233 e. The molecule has 2 aliphatic heterocycles. The van der Waals surface area contributed by atoms with Crippen LogP contribution in [0.25, 0.3) is 0 Å². The molecule has 7 heteroatoms. The Morgan fingerprint density at radius 1 is 1.00 bits per heavy atom. The molecule has 129 valence electrons. The molecular formula is C17H20Cl2N3O2. The molecule has 5 nitrogen and oxygen atoms in total. The van der Waals surface area contributed by atoms with Gasteiger partial charge in [0.25, 0.3) is 0 Å². The molecule has 2 saturated heterocycles. The molecule has 0 atom stereocenters. The van der Waals surface area contributed by atoms with Gasteiger partial charge in [0.15, 0.2) is 0 Å². The number of carbonyl (C=O) groups is 2. The SMILES string of the molecule is O=C1[CH]CCC(=O)N1CCN1CCN(c2cc(Cl)ccc2Cl)CC1. The van der Waals surface area contributed by atoms with Gasteiger partial charge in [-0.15, -0.1) is 0 Å². The minimum Gasteiger partial charge on any atom is -0.368 e. The first-order valence-corrected chi connectivity index (χ1v) is 8.90. The molecule has 0 N–H and O–H groups in total. The number of hydrogen-bond donors (Lipinski definition) is 0. The van der Waals surface area contributed by atoms with Crippen molar-refractivity contribution in [2.45, 2.75) is 12.8 Å². The number of piperidine rings is 1. The number of hydrogen-bond acceptors (Lipinski definition) is 4. The van der Waals surface area contributed by atoms with Gasteiger partial charge in [-0.3, -0.25) is 19.4 Å². The van der Waals surface area contributed by atoms with Crippen LogP contribution in [0.5, 0.6) is 0 Å². The molecule has 0 spiro atoms. The molecule has 24 heavy (non-hydrogen) atoms. The van der Waals surface area contributed by atoms with Gasteiger partial charge in [0, 0.05) is 50.7 Å². The maximum atomic E-state index is 11.8. The fourth-order valence-corrected chi connectivity index (χ4v) is 3.51. The van der Waals surface area contributed by atoms with Crippen molar-refractivity contribution in [2.75, 3.05) is 44.2 Å². The average molecular weight is 369 g/mol. The van der Waals surface area contributed by atoms with Crippen molar-refractivity contribution in [1.82, 2.24) is 9.80 Å². The van der Waals surface area contributed by atoms with E-state index in [1.54, 1.807) is 12.5 Å². The zero-order valence-corrected chi connectivity index (χ0v) is 14.9. The highest BCUT2D eigenvalue weighted by Crippen LogP contribution is 2.29. The zero-order chi connectivity index (χ0) is 17.1. The largest absolute Gasteiger partial charge is 0.368 e. The average Bonchev–Trinajstić information content (AvgIpc) is 2.57. The summed E-state index contributed by atoms with van der Waals surface area (Å²) in [5.41, 5.74) is 0.958. The van der Waals surface area contributed by atoms with Crippen LogP contribution in [-0.2, 0) is 9.59 Å². The van der Waals surface area contributed by atoms with E-state index in [9.17, 15) is 9.59 Å². The standard InChI is InChI=1S/C17H20Cl2N3O2/c18-13-4-5-14(19)15(12-13)21-9-6-20(7-10-21)8-11-22-16(23)2-1-3-17(22)24/h2,4-5,12H,1,3,6-11H2. The molecular weight excluding hydrogens is 349 g/mol. The normalized spacial score (nSPS) is 19.9. The maximum Gasteiger partial charge on any atom is 0.233 e. The molecule has 1 aromatic carbocycles. The Bertz CT molecular complexity index is 614. The lowest BCUT2D eigenvalue weighted by atomic mass is 10.1. The van der Waals surface area contributed by atoms with Crippen LogP contribution >= 0.6 is 23.2 Å². The van der Waals surface area contributed by atoms with Gasteiger partial charge in [0.1, 0.15) is 0 Å². The van der Waals surface area contributed by atoms with Crippen molar-refractivity contribution in [3.05, 3.63) is 34.7 Å². The van der Waals surface area contributed by atoms with E-state index in [1.165, 1.54) is 4.90 Å². The lowest BCUT2D eigenvalue weighted by Gasteiger charge is -2.37. The number of imide groups is 1. The van der Waals surface area contributed by atoms with Crippen LogP contribution < -0.4 is 4.90 Å². The fourth-order valence-electron chi connectivity index (χ4n) is 3.10. The van der Waals surface area contributed by atoms with Crippen molar-refractivity contribution < 1.29 is 9.59 Å². The van der Waals surface area contributed by atoms with Gasteiger partial charge in [0.05, 0.1) is 17.1 Å². The van der Waals surface area contributed by atoms with E-state index in [0.717, 1.165) is 31.9 Å². The number of rotatable bonds is 4. The van der Waals surface area contributed by atoms with Crippen molar-refractivity contribution in [1.29, 1.82) is 0 Å². The highest BCUT2D eigenvalue weighted by atomic mass is 35.5. The summed E-state index contributed by atoms with van der Waals surface area (Å²) in [5.74, 6) is -0.220. The van der Waals surface area contributed by atoms with E-state index >= 15 is 0 Å². The van der Waals surface area contributed by atoms with Crippen LogP contribution in [0.3, 0.4) is 0 Å². The van der Waals surface area contributed by atoms with Gasteiger partial charge in [-0.25, -0.2) is 0 Å². The molecule has 2 fully saturated rings. The molecule has 1 radical (unpaired) electrons. The van der Waals surface area contributed by atoms with E-state index < -0.39 is 0 Å². The molecule has 0 aromatic heterocycles. The number of nitrogens with zero attached hydrogens (tertiary/aromatic N) is 3. The molecule has 0 bridgehead atoms. The number of likely N-dealkylation sites (tertiary alicyclic amines) is 1. The fraction of sp³-hybridized carbons (Fsp3) is 0.471. The first kappa shape index (κ1) is 17.5. The Balaban J connectivity index is 1.51. The van der Waals surface area contributed by atoms with Crippen molar-refractivity contribution >= 4 is 40.7 Å². The Morgan fingerprint density at radius 2 is 1.75 bits per heavy atom. The monoisotopic (exact) mass is 368 g/mol. The second-order valence-corrected chi connectivity index (χ2v) is 6.89. The first-order valence-electron chi connectivity index (χ1n) is 8.14. The van der Waals surface area contributed by atoms with Gasteiger partial charge in [-0.1, -0.05) is 23.2 Å². The molecule has 2 amide bonds. The summed E-state index contributed by atoms with van der Waals surface area (Å²) in [4.78, 5) is 29.4. The highest BCUT2D eigenvalue weighted by Gasteiger charge is 2.27. The van der Waals surface area contributed by atoms with Crippen molar-refractivity contribution in [3.63, 3.8) is 0 Å². The Morgan fingerprint density at radius 3 is 2.46 bits per heavy atom. The lowest BCUT2D eigenvalue weighted by molar-refractivity contribution is -0.145. The summed E-state index contributed by atoms with van der Waals surface area (Å²) in [7, 11) is 0. The summed E-state index contributed by atoms with van der Waals surface area (Å²) < 4.78 is 0. The topological polar surface area (TPSA) is 43.9 Å². The molecule has 2 heterocycles. The van der Waals surface area contributed by atoms with Gasteiger partial charge >= 0.3 is 0 Å². The molecule has 0 unspecified atom stereocenters. The Kier molecular flexibility index (Phi) is 5.64. The van der Waals surface area contributed by atoms with Crippen LogP contribution in [0.15, 0.2) is 18.2 Å². The van der Waals surface area contributed by atoms with Crippen LogP contribution in [0.4, 0.5) is 5.69 Å². The molecule has 2 aliphatic rings. The minimum atomic E-state index is -0.157. The van der Waals surface area contributed by atoms with E-state index in [1.807, 2.05) is 12.1 Å². The van der Waals surface area contributed by atoms with E-state index in [-0.39, 0.29) is 11.8 Å². The number of carbonyl (C=O) groups excluding carboxylic acids is 2. The number of anilines is 1. The second kappa shape index (κ2) is 7.72. The number of halogens is 2. The third-order valence-electron chi connectivity index (χ3n) is 4.51. The van der Waals surface area contributed by atoms with Crippen molar-refractivity contribution in [3.8, 4) is 0 Å². The summed E-state index contributed by atoms with van der Waals surface area (Å²) in [5, 5.41) is 1.38. The van der Waals surface area contributed by atoms with Gasteiger partial charge < -0.3 is 4.90 Å². The van der Waals surface area contributed by atoms with Gasteiger partial charge in [0.2, 0.25) is 11.8 Å².